The van der Waals surface area contributed by atoms with E-state index >= 15 is 0 Å². The number of thiophene rings is 1. The number of amides is 1. The first-order chi connectivity index (χ1) is 14.9. The number of methoxy groups -OCH3 is 2. The zero-order valence-electron chi connectivity index (χ0n) is 18.3. The lowest BCUT2D eigenvalue weighted by atomic mass is 10.1. The molecule has 0 saturated carbocycles. The normalized spacial score (nSPS) is 10.9. The van der Waals surface area contributed by atoms with Crippen LogP contribution in [0, 0.1) is 25.2 Å². The first-order valence-electron chi connectivity index (χ1n) is 9.78. The Morgan fingerprint density at radius 3 is 2.58 bits per heavy atom. The molecule has 1 amide bonds. The lowest BCUT2D eigenvalue weighted by Gasteiger charge is -2.11. The van der Waals surface area contributed by atoms with E-state index in [0.717, 1.165) is 23.3 Å². The third-order valence-corrected chi connectivity index (χ3v) is 5.74. The van der Waals surface area contributed by atoms with Gasteiger partial charge in [0.05, 0.1) is 26.4 Å². The number of carbonyl (C=O) groups is 2. The predicted octanol–water partition coefficient (Wildman–Crippen LogP) is 4.88. The summed E-state index contributed by atoms with van der Waals surface area (Å²) in [5.41, 5.74) is 1.53. The number of nitrogens with zero attached hydrogens (tertiary/aromatic N) is 1. The van der Waals surface area contributed by atoms with E-state index in [9.17, 15) is 14.9 Å². The van der Waals surface area contributed by atoms with Gasteiger partial charge in [0.25, 0.3) is 5.91 Å². The number of unbranched alkanes of at least 4 members (excludes halogenated alkanes) is 1. The van der Waals surface area contributed by atoms with Crippen LogP contribution < -0.4 is 14.8 Å². The van der Waals surface area contributed by atoms with Gasteiger partial charge in [-0.25, -0.2) is 4.79 Å². The number of ether oxygens (including phenoxy) is 3. The number of carbonyl (C=O) groups excluding carboxylic acids is 2. The van der Waals surface area contributed by atoms with Gasteiger partial charge in [0, 0.05) is 4.88 Å². The highest BCUT2D eigenvalue weighted by atomic mass is 32.1. The Hall–Kier alpha value is -3.31. The van der Waals surface area contributed by atoms with E-state index in [4.69, 9.17) is 14.2 Å². The molecule has 0 bridgehead atoms. The number of hydrogen-bond acceptors (Lipinski definition) is 7. The van der Waals surface area contributed by atoms with Gasteiger partial charge >= 0.3 is 5.97 Å². The van der Waals surface area contributed by atoms with Crippen LogP contribution in [0.5, 0.6) is 11.5 Å². The molecule has 0 aliphatic heterocycles. The summed E-state index contributed by atoms with van der Waals surface area (Å²) in [6, 6.07) is 7.10. The Labute approximate surface area is 186 Å². The second-order valence-electron chi connectivity index (χ2n) is 6.72. The topological polar surface area (TPSA) is 97.7 Å². The van der Waals surface area contributed by atoms with Gasteiger partial charge in [0.1, 0.15) is 16.6 Å². The second-order valence-corrected chi connectivity index (χ2v) is 7.94. The van der Waals surface area contributed by atoms with Crippen molar-refractivity contribution in [2.24, 2.45) is 0 Å². The fourth-order valence-electron chi connectivity index (χ4n) is 2.77. The molecule has 0 atom stereocenters. The fourth-order valence-corrected chi connectivity index (χ4v) is 3.81. The molecule has 0 saturated heterocycles. The summed E-state index contributed by atoms with van der Waals surface area (Å²) in [7, 11) is 2.81. The molecule has 0 aliphatic rings. The minimum absolute atomic E-state index is 0.110. The number of anilines is 1. The zero-order chi connectivity index (χ0) is 23.0. The molecule has 0 radical (unpaired) electrons. The number of hydrogen-bond donors (Lipinski definition) is 1. The van der Waals surface area contributed by atoms with Gasteiger partial charge in [-0.15, -0.1) is 11.3 Å². The van der Waals surface area contributed by atoms with Gasteiger partial charge in [0.2, 0.25) is 0 Å². The Kier molecular flexibility index (Phi) is 8.64. The average Bonchev–Trinajstić information content (AvgIpc) is 3.04. The highest BCUT2D eigenvalue weighted by Gasteiger charge is 2.22. The van der Waals surface area contributed by atoms with Crippen LogP contribution in [0.1, 0.15) is 46.1 Å². The SMILES string of the molecule is CCCCOc1ccc(C=C(C#N)C(=O)Nc2sc(C)c(C)c2C(=O)OC)cc1OC. The molecule has 1 heterocycles. The summed E-state index contributed by atoms with van der Waals surface area (Å²) in [5, 5.41) is 12.5. The van der Waals surface area contributed by atoms with E-state index < -0.39 is 11.9 Å². The van der Waals surface area contributed by atoms with E-state index in [1.165, 1.54) is 31.6 Å². The van der Waals surface area contributed by atoms with Crippen molar-refractivity contribution in [1.82, 2.24) is 0 Å². The highest BCUT2D eigenvalue weighted by Crippen LogP contribution is 2.33. The van der Waals surface area contributed by atoms with Crippen LogP contribution in [0.3, 0.4) is 0 Å². The summed E-state index contributed by atoms with van der Waals surface area (Å²) >= 11 is 1.26. The lowest BCUT2D eigenvalue weighted by Crippen LogP contribution is -2.15. The molecule has 8 heteroatoms. The van der Waals surface area contributed by atoms with Gasteiger partial charge < -0.3 is 19.5 Å². The maximum Gasteiger partial charge on any atom is 0.341 e. The first kappa shape index (κ1) is 24.0. The lowest BCUT2D eigenvalue weighted by molar-refractivity contribution is -0.112. The van der Waals surface area contributed by atoms with Crippen LogP contribution in [-0.4, -0.2) is 32.7 Å². The number of nitrogens with one attached hydrogen (secondary N) is 1. The van der Waals surface area contributed by atoms with Crippen LogP contribution in [0.15, 0.2) is 23.8 Å². The van der Waals surface area contributed by atoms with Crippen molar-refractivity contribution in [1.29, 1.82) is 5.26 Å². The molecular formula is C23H26N2O5S. The molecule has 7 nitrogen and oxygen atoms in total. The smallest absolute Gasteiger partial charge is 0.341 e. The maximum absolute atomic E-state index is 12.7. The van der Waals surface area contributed by atoms with Crippen molar-refractivity contribution in [2.75, 3.05) is 26.1 Å². The van der Waals surface area contributed by atoms with Crippen LogP contribution in [0.25, 0.3) is 6.08 Å². The first-order valence-corrected chi connectivity index (χ1v) is 10.6. The van der Waals surface area contributed by atoms with E-state index in [-0.39, 0.29) is 5.57 Å². The minimum Gasteiger partial charge on any atom is -0.493 e. The van der Waals surface area contributed by atoms with Crippen molar-refractivity contribution >= 4 is 34.3 Å². The standard InChI is InChI=1S/C23H26N2O5S/c1-6-7-10-30-18-9-8-16(12-19(18)28-4)11-17(13-24)21(26)25-22-20(23(27)29-5)14(2)15(3)31-22/h8-9,11-12H,6-7,10H2,1-5H3,(H,25,26). The molecule has 0 fully saturated rings. The number of rotatable bonds is 9. The molecule has 31 heavy (non-hydrogen) atoms. The summed E-state index contributed by atoms with van der Waals surface area (Å²) in [4.78, 5) is 25.7. The van der Waals surface area contributed by atoms with Gasteiger partial charge in [-0.05, 0) is 49.6 Å². The van der Waals surface area contributed by atoms with Crippen LogP contribution in [0.2, 0.25) is 0 Å². The molecule has 164 valence electrons. The molecule has 1 N–H and O–H groups in total. The summed E-state index contributed by atoms with van der Waals surface area (Å²) < 4.78 is 15.9. The summed E-state index contributed by atoms with van der Waals surface area (Å²) in [5.74, 6) is -0.0393. The third-order valence-electron chi connectivity index (χ3n) is 4.62. The Bertz CT molecular complexity index is 1030. The van der Waals surface area contributed by atoms with E-state index in [1.807, 2.05) is 13.0 Å². The van der Waals surface area contributed by atoms with Gasteiger partial charge in [-0.2, -0.15) is 5.26 Å². The Morgan fingerprint density at radius 2 is 1.97 bits per heavy atom. The van der Waals surface area contributed by atoms with Crippen LogP contribution in [0.4, 0.5) is 5.00 Å². The Morgan fingerprint density at radius 1 is 1.23 bits per heavy atom. The van der Waals surface area contributed by atoms with Gasteiger partial charge in [-0.3, -0.25) is 4.79 Å². The molecule has 1 aromatic carbocycles. The molecule has 0 spiro atoms. The summed E-state index contributed by atoms with van der Waals surface area (Å²) in [6.07, 6.45) is 3.41. The Balaban J connectivity index is 2.28. The predicted molar refractivity (Wildman–Crippen MR) is 121 cm³/mol. The fraction of sp³-hybridized carbons (Fsp3) is 0.348. The molecule has 1 aromatic heterocycles. The maximum atomic E-state index is 12.7. The zero-order valence-corrected chi connectivity index (χ0v) is 19.1. The quantitative estimate of drug-likeness (QED) is 0.257. The number of benzene rings is 1. The molecule has 0 unspecified atom stereocenters. The van der Waals surface area contributed by atoms with Crippen molar-refractivity contribution < 1.29 is 23.8 Å². The molecule has 2 rings (SSSR count). The molecular weight excluding hydrogens is 416 g/mol. The average molecular weight is 443 g/mol. The van der Waals surface area contributed by atoms with E-state index in [2.05, 4.69) is 12.2 Å². The number of esters is 1. The van der Waals surface area contributed by atoms with Crippen molar-refractivity contribution in [2.45, 2.75) is 33.6 Å². The second kappa shape index (κ2) is 11.2. The number of nitriles is 1. The summed E-state index contributed by atoms with van der Waals surface area (Å²) in [6.45, 7) is 6.29. The monoisotopic (exact) mass is 442 g/mol. The highest BCUT2D eigenvalue weighted by molar-refractivity contribution is 7.16. The minimum atomic E-state index is -0.615. The number of aryl methyl sites for hydroxylation is 1. The van der Waals surface area contributed by atoms with Gasteiger partial charge in [0.15, 0.2) is 11.5 Å². The van der Waals surface area contributed by atoms with E-state index in [1.54, 1.807) is 25.1 Å². The largest absolute Gasteiger partial charge is 0.493 e. The van der Waals surface area contributed by atoms with Gasteiger partial charge in [-0.1, -0.05) is 19.4 Å². The molecule has 0 aliphatic carbocycles. The van der Waals surface area contributed by atoms with Crippen molar-refractivity contribution in [3.63, 3.8) is 0 Å². The van der Waals surface area contributed by atoms with Crippen LogP contribution >= 0.6 is 11.3 Å². The molecule has 2 aromatic rings. The third kappa shape index (κ3) is 5.86. The van der Waals surface area contributed by atoms with Crippen molar-refractivity contribution in [3.8, 4) is 17.6 Å². The van der Waals surface area contributed by atoms with E-state index in [0.29, 0.717) is 34.2 Å². The van der Waals surface area contributed by atoms with Crippen LogP contribution in [-0.2, 0) is 9.53 Å². The van der Waals surface area contributed by atoms with Crippen molar-refractivity contribution in [3.05, 3.63) is 45.3 Å².